The molecule has 1 atom stereocenters. The minimum absolute atomic E-state index is 0. The quantitative estimate of drug-likeness (QED) is 0.533. The van der Waals surface area contributed by atoms with Crippen LogP contribution in [0.1, 0.15) is 27.7 Å². The van der Waals surface area contributed by atoms with E-state index in [2.05, 4.69) is 0 Å². The van der Waals surface area contributed by atoms with Crippen molar-refractivity contribution in [1.29, 1.82) is 0 Å². The summed E-state index contributed by atoms with van der Waals surface area (Å²) in [5.41, 5.74) is 0. The van der Waals surface area contributed by atoms with Crippen LogP contribution in [0.15, 0.2) is 0 Å². The molecule has 1 fully saturated rings. The van der Waals surface area contributed by atoms with Gasteiger partial charge in [-0.25, -0.2) is 0 Å². The van der Waals surface area contributed by atoms with Crippen LogP contribution in [0.5, 0.6) is 0 Å². The highest BCUT2D eigenvalue weighted by molar-refractivity contribution is 6.03. The minimum Gasteiger partial charge on any atom is -0.283 e. The molecular formula is C8H15NO2. The lowest BCUT2D eigenvalue weighted by Crippen LogP contribution is -2.29. The summed E-state index contributed by atoms with van der Waals surface area (Å²) >= 11 is 0. The minimum atomic E-state index is -0.0903. The fourth-order valence-corrected chi connectivity index (χ4v) is 1.18. The summed E-state index contributed by atoms with van der Waals surface area (Å²) in [5.74, 6) is -0.139. The van der Waals surface area contributed by atoms with Crippen LogP contribution in [-0.4, -0.2) is 23.3 Å². The van der Waals surface area contributed by atoms with Crippen LogP contribution in [0.2, 0.25) is 0 Å². The van der Waals surface area contributed by atoms with Crippen LogP contribution in [0.25, 0.3) is 0 Å². The predicted octanol–water partition coefficient (Wildman–Crippen LogP) is 1.04. The van der Waals surface area contributed by atoms with Gasteiger partial charge in [0.15, 0.2) is 0 Å². The molecule has 1 rings (SSSR count). The van der Waals surface area contributed by atoms with Gasteiger partial charge in [0.25, 0.3) is 0 Å². The molecule has 11 heavy (non-hydrogen) atoms. The standard InChI is InChI=1S/C7H11NO2.CH4/c1-3-8-6(9)4-5(2)7(8)10;/h5H,3-4H2,1-2H3;1H4. The Morgan fingerprint density at radius 2 is 2.09 bits per heavy atom. The van der Waals surface area contributed by atoms with Crippen LogP contribution < -0.4 is 0 Å². The topological polar surface area (TPSA) is 37.4 Å². The second-order valence-electron chi connectivity index (χ2n) is 2.58. The third-order valence-corrected chi connectivity index (χ3v) is 1.79. The van der Waals surface area contributed by atoms with Crippen molar-refractivity contribution >= 4 is 11.8 Å². The Bertz CT molecular complexity index is 177. The average molecular weight is 157 g/mol. The first-order valence-electron chi connectivity index (χ1n) is 3.51. The highest BCUT2D eigenvalue weighted by atomic mass is 16.2. The lowest BCUT2D eigenvalue weighted by Gasteiger charge is -2.09. The fraction of sp³-hybridized carbons (Fsp3) is 0.750. The number of carbonyl (C=O) groups is 2. The monoisotopic (exact) mass is 157 g/mol. The van der Waals surface area contributed by atoms with Crippen molar-refractivity contribution in [3.63, 3.8) is 0 Å². The number of nitrogens with zero attached hydrogens (tertiary/aromatic N) is 1. The van der Waals surface area contributed by atoms with Crippen LogP contribution in [0.3, 0.4) is 0 Å². The van der Waals surface area contributed by atoms with Crippen molar-refractivity contribution in [1.82, 2.24) is 4.90 Å². The Morgan fingerprint density at radius 1 is 1.55 bits per heavy atom. The zero-order valence-corrected chi connectivity index (χ0v) is 6.26. The molecule has 1 saturated heterocycles. The number of carbonyl (C=O) groups excluding carboxylic acids is 2. The summed E-state index contributed by atoms with van der Waals surface area (Å²) in [7, 11) is 0. The highest BCUT2D eigenvalue weighted by Crippen LogP contribution is 2.17. The summed E-state index contributed by atoms with van der Waals surface area (Å²) in [6.45, 7) is 4.12. The molecule has 0 spiro atoms. The highest BCUT2D eigenvalue weighted by Gasteiger charge is 2.33. The van der Waals surface area contributed by atoms with Crippen LogP contribution in [0, 0.1) is 5.92 Å². The molecule has 0 N–H and O–H groups in total. The Kier molecular flexibility index (Phi) is 3.23. The van der Waals surface area contributed by atoms with Crippen molar-refractivity contribution < 1.29 is 9.59 Å². The third kappa shape index (κ3) is 1.59. The molecule has 3 nitrogen and oxygen atoms in total. The molecule has 64 valence electrons. The summed E-state index contributed by atoms with van der Waals surface area (Å²) in [4.78, 5) is 23.3. The van der Waals surface area contributed by atoms with Crippen molar-refractivity contribution in [2.45, 2.75) is 27.7 Å². The molecule has 0 aromatic rings. The number of amides is 2. The first kappa shape index (κ1) is 10.1. The Balaban J connectivity index is 0.000001000. The lowest BCUT2D eigenvalue weighted by atomic mass is 10.1. The smallest absolute Gasteiger partial charge is 0.232 e. The molecule has 1 aliphatic heterocycles. The van der Waals surface area contributed by atoms with Gasteiger partial charge in [0.05, 0.1) is 0 Å². The van der Waals surface area contributed by atoms with E-state index in [0.717, 1.165) is 0 Å². The van der Waals surface area contributed by atoms with Crippen molar-refractivity contribution in [2.24, 2.45) is 5.92 Å². The SMILES string of the molecule is C.CCN1C(=O)CC(C)C1=O. The molecule has 0 bridgehead atoms. The first-order chi connectivity index (χ1) is 4.66. The van der Waals surface area contributed by atoms with Gasteiger partial charge in [-0.3, -0.25) is 14.5 Å². The van der Waals surface area contributed by atoms with E-state index in [0.29, 0.717) is 13.0 Å². The van der Waals surface area contributed by atoms with Crippen LogP contribution >= 0.6 is 0 Å². The molecule has 0 radical (unpaired) electrons. The summed E-state index contributed by atoms with van der Waals surface area (Å²) in [6.07, 6.45) is 0.396. The Morgan fingerprint density at radius 3 is 2.27 bits per heavy atom. The zero-order valence-electron chi connectivity index (χ0n) is 6.26. The van der Waals surface area contributed by atoms with E-state index in [-0.39, 0.29) is 25.2 Å². The maximum absolute atomic E-state index is 11.1. The normalized spacial score (nSPS) is 23.8. The number of rotatable bonds is 1. The number of likely N-dealkylation sites (tertiary alicyclic amines) is 1. The average Bonchev–Trinajstić information content (AvgIpc) is 2.09. The number of imide groups is 1. The first-order valence-corrected chi connectivity index (χ1v) is 3.51. The van der Waals surface area contributed by atoms with Gasteiger partial charge < -0.3 is 0 Å². The number of hydrogen-bond acceptors (Lipinski definition) is 2. The molecule has 0 aliphatic carbocycles. The van der Waals surface area contributed by atoms with Crippen LogP contribution in [-0.2, 0) is 9.59 Å². The van der Waals surface area contributed by atoms with Gasteiger partial charge in [0.2, 0.25) is 11.8 Å². The molecule has 1 unspecified atom stereocenters. The molecule has 1 aliphatic rings. The zero-order chi connectivity index (χ0) is 7.72. The molecular weight excluding hydrogens is 142 g/mol. The molecule has 2 amide bonds. The second-order valence-corrected chi connectivity index (χ2v) is 2.58. The van der Waals surface area contributed by atoms with E-state index >= 15 is 0 Å². The maximum atomic E-state index is 11.1. The Labute approximate surface area is 67.4 Å². The van der Waals surface area contributed by atoms with Crippen molar-refractivity contribution in [2.75, 3.05) is 6.54 Å². The summed E-state index contributed by atoms with van der Waals surface area (Å²) in [5, 5.41) is 0. The summed E-state index contributed by atoms with van der Waals surface area (Å²) in [6, 6.07) is 0. The van der Waals surface area contributed by atoms with Crippen LogP contribution in [0.4, 0.5) is 0 Å². The van der Waals surface area contributed by atoms with E-state index in [4.69, 9.17) is 0 Å². The van der Waals surface area contributed by atoms with E-state index in [1.165, 1.54) is 4.90 Å². The van der Waals surface area contributed by atoms with Gasteiger partial charge in [-0.2, -0.15) is 0 Å². The lowest BCUT2D eigenvalue weighted by molar-refractivity contribution is -0.138. The van der Waals surface area contributed by atoms with Gasteiger partial charge in [0.1, 0.15) is 0 Å². The van der Waals surface area contributed by atoms with Crippen molar-refractivity contribution in [3.05, 3.63) is 0 Å². The van der Waals surface area contributed by atoms with Gasteiger partial charge >= 0.3 is 0 Å². The fourth-order valence-electron chi connectivity index (χ4n) is 1.18. The molecule has 0 aromatic carbocycles. The van der Waals surface area contributed by atoms with Gasteiger partial charge in [0, 0.05) is 18.9 Å². The molecule has 0 saturated carbocycles. The van der Waals surface area contributed by atoms with E-state index in [1.807, 2.05) is 6.92 Å². The van der Waals surface area contributed by atoms with E-state index < -0.39 is 0 Å². The second kappa shape index (κ2) is 3.51. The molecule has 1 heterocycles. The predicted molar refractivity (Wildman–Crippen MR) is 42.9 cm³/mol. The molecule has 3 heteroatoms. The van der Waals surface area contributed by atoms with Crippen molar-refractivity contribution in [3.8, 4) is 0 Å². The Hall–Kier alpha value is -0.860. The van der Waals surface area contributed by atoms with Gasteiger partial charge in [-0.1, -0.05) is 14.4 Å². The van der Waals surface area contributed by atoms with E-state index in [1.54, 1.807) is 6.92 Å². The molecule has 0 aromatic heterocycles. The van der Waals surface area contributed by atoms with E-state index in [9.17, 15) is 9.59 Å². The summed E-state index contributed by atoms with van der Waals surface area (Å²) < 4.78 is 0. The largest absolute Gasteiger partial charge is 0.283 e. The number of hydrogen-bond donors (Lipinski definition) is 0. The van der Waals surface area contributed by atoms with Gasteiger partial charge in [-0.05, 0) is 6.92 Å². The third-order valence-electron chi connectivity index (χ3n) is 1.79. The van der Waals surface area contributed by atoms with Gasteiger partial charge in [-0.15, -0.1) is 0 Å². The maximum Gasteiger partial charge on any atom is 0.232 e.